The van der Waals surface area contributed by atoms with Crippen LogP contribution in [0.3, 0.4) is 0 Å². The predicted octanol–water partition coefficient (Wildman–Crippen LogP) is 4.49. The van der Waals surface area contributed by atoms with E-state index >= 15 is 0 Å². The van der Waals surface area contributed by atoms with E-state index in [9.17, 15) is 4.79 Å². The molecule has 3 aliphatic heterocycles. The molecule has 0 fully saturated rings. The number of para-hydroxylation sites is 1. The Hall–Kier alpha value is -4.00. The van der Waals surface area contributed by atoms with Crippen molar-refractivity contribution < 1.29 is 23.7 Å². The quantitative estimate of drug-likeness (QED) is 0.557. The zero-order valence-electron chi connectivity index (χ0n) is 18.1. The van der Waals surface area contributed by atoms with Crippen molar-refractivity contribution in [2.24, 2.45) is 5.10 Å². The molecule has 0 aromatic heterocycles. The topological polar surface area (TPSA) is 69.6 Å². The molecule has 0 bridgehead atoms. The molecule has 166 valence electrons. The molecule has 3 aromatic carbocycles. The predicted molar refractivity (Wildman–Crippen MR) is 121 cm³/mol. The van der Waals surface area contributed by atoms with E-state index < -0.39 is 6.23 Å². The lowest BCUT2D eigenvalue weighted by molar-refractivity contribution is -0.0190. The molecular weight excluding hydrogens is 420 g/mol. The molecule has 7 heteroatoms. The van der Waals surface area contributed by atoms with Crippen molar-refractivity contribution in [1.29, 1.82) is 0 Å². The van der Waals surface area contributed by atoms with Gasteiger partial charge in [-0.15, -0.1) is 0 Å². The molecule has 3 aliphatic rings. The Morgan fingerprint density at radius 2 is 1.76 bits per heavy atom. The third kappa shape index (κ3) is 3.36. The summed E-state index contributed by atoms with van der Waals surface area (Å²) in [5, 5.41) is 7.01. The average Bonchev–Trinajstić information content (AvgIpc) is 3.33. The number of carbonyl (C=O) groups is 1. The number of rotatable bonds is 3. The smallest absolute Gasteiger partial charge is 0.337 e. The number of hydrogen-bond acceptors (Lipinski definition) is 7. The molecule has 6 rings (SSSR count). The lowest BCUT2D eigenvalue weighted by Crippen LogP contribution is -2.33. The first kappa shape index (κ1) is 19.7. The maximum absolute atomic E-state index is 11.8. The zero-order valence-corrected chi connectivity index (χ0v) is 18.1. The molecule has 3 heterocycles. The molecule has 7 nitrogen and oxygen atoms in total. The number of ether oxygens (including phenoxy) is 4. The molecule has 33 heavy (non-hydrogen) atoms. The summed E-state index contributed by atoms with van der Waals surface area (Å²) < 4.78 is 22.6. The van der Waals surface area contributed by atoms with E-state index in [4.69, 9.17) is 24.0 Å². The fraction of sp³-hybridized carbons (Fsp3) is 0.231. The van der Waals surface area contributed by atoms with Gasteiger partial charge in [-0.3, -0.25) is 0 Å². The summed E-state index contributed by atoms with van der Waals surface area (Å²) in [7, 11) is 1.38. The molecule has 0 N–H and O–H groups in total. The standard InChI is InChI=1S/C26H22N2O5/c1-30-26(29)17-8-6-16(7-9-17)25-28-21(19-4-2-3-5-22(19)33-25)15-20(27-28)18-10-11-23-24(14-18)32-13-12-31-23/h2-11,14,21,25H,12-13,15H2,1H3/t21-,25-/m0/s1. The van der Waals surface area contributed by atoms with Crippen LogP contribution in [0.1, 0.15) is 45.7 Å². The highest BCUT2D eigenvalue weighted by atomic mass is 16.6. The van der Waals surface area contributed by atoms with E-state index in [0.717, 1.165) is 46.1 Å². The van der Waals surface area contributed by atoms with Crippen molar-refractivity contribution in [1.82, 2.24) is 5.01 Å². The monoisotopic (exact) mass is 442 g/mol. The van der Waals surface area contributed by atoms with Gasteiger partial charge in [0.1, 0.15) is 19.0 Å². The Morgan fingerprint density at radius 3 is 2.58 bits per heavy atom. The van der Waals surface area contributed by atoms with E-state index in [0.29, 0.717) is 18.8 Å². The van der Waals surface area contributed by atoms with Gasteiger partial charge < -0.3 is 18.9 Å². The molecule has 0 unspecified atom stereocenters. The van der Waals surface area contributed by atoms with Crippen molar-refractivity contribution in [2.45, 2.75) is 18.7 Å². The van der Waals surface area contributed by atoms with Crippen molar-refractivity contribution in [3.8, 4) is 17.2 Å². The lowest BCUT2D eigenvalue weighted by Gasteiger charge is -2.38. The maximum atomic E-state index is 11.8. The van der Waals surface area contributed by atoms with Gasteiger partial charge in [-0.25, -0.2) is 9.80 Å². The first-order chi connectivity index (χ1) is 16.2. The summed E-state index contributed by atoms with van der Waals surface area (Å²) in [6.07, 6.45) is 0.336. The molecule has 2 atom stereocenters. The van der Waals surface area contributed by atoms with E-state index in [1.165, 1.54) is 7.11 Å². The van der Waals surface area contributed by atoms with Gasteiger partial charge in [-0.05, 0) is 36.4 Å². The number of carbonyl (C=O) groups excluding carboxylic acids is 1. The number of fused-ring (bicyclic) bond motifs is 4. The Kier molecular flexibility index (Phi) is 4.68. The number of nitrogens with zero attached hydrogens (tertiary/aromatic N) is 2. The molecule has 0 spiro atoms. The highest BCUT2D eigenvalue weighted by Crippen LogP contribution is 2.47. The van der Waals surface area contributed by atoms with Crippen LogP contribution in [0.5, 0.6) is 17.2 Å². The molecule has 0 amide bonds. The van der Waals surface area contributed by atoms with E-state index in [2.05, 4.69) is 6.07 Å². The van der Waals surface area contributed by atoms with Crippen LogP contribution in [0, 0.1) is 0 Å². The average molecular weight is 442 g/mol. The maximum Gasteiger partial charge on any atom is 0.337 e. The Balaban J connectivity index is 1.38. The fourth-order valence-electron chi connectivity index (χ4n) is 4.55. The molecule has 0 aliphatic carbocycles. The molecule has 0 saturated heterocycles. The third-order valence-electron chi connectivity index (χ3n) is 6.19. The van der Waals surface area contributed by atoms with Crippen LogP contribution < -0.4 is 14.2 Å². The summed E-state index contributed by atoms with van der Waals surface area (Å²) in [5.41, 5.74) is 4.49. The molecular formula is C26H22N2O5. The molecule has 0 saturated carbocycles. The second-order valence-electron chi connectivity index (χ2n) is 8.13. The third-order valence-corrected chi connectivity index (χ3v) is 6.19. The van der Waals surface area contributed by atoms with Gasteiger partial charge in [0.05, 0.1) is 24.4 Å². The van der Waals surface area contributed by atoms with Crippen molar-refractivity contribution in [3.05, 3.63) is 89.0 Å². The largest absolute Gasteiger partial charge is 0.486 e. The Morgan fingerprint density at radius 1 is 0.970 bits per heavy atom. The molecule has 3 aromatic rings. The van der Waals surface area contributed by atoms with E-state index in [1.807, 2.05) is 53.5 Å². The number of hydrogen-bond donors (Lipinski definition) is 0. The van der Waals surface area contributed by atoms with Crippen LogP contribution in [0.4, 0.5) is 0 Å². The Bertz CT molecular complexity index is 1250. The SMILES string of the molecule is COC(=O)c1ccc([C@@H]2Oc3ccccc3[C@@H]3CC(c4ccc5c(c4)OCCO5)=NN32)cc1. The van der Waals surface area contributed by atoms with Crippen molar-refractivity contribution in [3.63, 3.8) is 0 Å². The minimum atomic E-state index is -0.411. The minimum absolute atomic E-state index is 0.0448. The van der Waals surface area contributed by atoms with Crippen molar-refractivity contribution >= 4 is 11.7 Å². The second-order valence-corrected chi connectivity index (χ2v) is 8.13. The zero-order chi connectivity index (χ0) is 22.4. The summed E-state index contributed by atoms with van der Waals surface area (Å²) in [6, 6.07) is 21.4. The normalized spacial score (nSPS) is 20.3. The summed E-state index contributed by atoms with van der Waals surface area (Å²) in [6.45, 7) is 1.11. The number of methoxy groups -OCH3 is 1. The van der Waals surface area contributed by atoms with Gasteiger partial charge >= 0.3 is 5.97 Å². The van der Waals surface area contributed by atoms with Gasteiger partial charge in [0, 0.05) is 23.1 Å². The fourth-order valence-corrected chi connectivity index (χ4v) is 4.55. The van der Waals surface area contributed by atoms with Crippen LogP contribution in [0.15, 0.2) is 71.8 Å². The van der Waals surface area contributed by atoms with Gasteiger partial charge in [0.15, 0.2) is 11.5 Å². The number of benzene rings is 3. The first-order valence-corrected chi connectivity index (χ1v) is 10.9. The van der Waals surface area contributed by atoms with Crippen LogP contribution in [0.2, 0.25) is 0 Å². The van der Waals surface area contributed by atoms with Crippen LogP contribution in [-0.4, -0.2) is 37.0 Å². The highest BCUT2D eigenvalue weighted by Gasteiger charge is 2.41. The van der Waals surface area contributed by atoms with E-state index in [-0.39, 0.29) is 12.0 Å². The minimum Gasteiger partial charge on any atom is -0.486 e. The second kappa shape index (κ2) is 7.85. The van der Waals surface area contributed by atoms with Crippen LogP contribution >= 0.6 is 0 Å². The Labute approximate surface area is 191 Å². The van der Waals surface area contributed by atoms with E-state index in [1.54, 1.807) is 12.1 Å². The number of esters is 1. The van der Waals surface area contributed by atoms with Crippen LogP contribution in [-0.2, 0) is 4.74 Å². The highest BCUT2D eigenvalue weighted by molar-refractivity contribution is 6.02. The first-order valence-electron chi connectivity index (χ1n) is 10.9. The summed E-state index contributed by atoms with van der Waals surface area (Å²) in [4.78, 5) is 11.8. The summed E-state index contributed by atoms with van der Waals surface area (Å²) >= 11 is 0. The molecule has 0 radical (unpaired) electrons. The van der Waals surface area contributed by atoms with Gasteiger partial charge in [0.25, 0.3) is 0 Å². The van der Waals surface area contributed by atoms with Gasteiger partial charge in [-0.1, -0.05) is 30.3 Å². The van der Waals surface area contributed by atoms with Crippen LogP contribution in [0.25, 0.3) is 0 Å². The van der Waals surface area contributed by atoms with Crippen molar-refractivity contribution in [2.75, 3.05) is 20.3 Å². The summed E-state index contributed by atoms with van der Waals surface area (Å²) in [5.74, 6) is 1.99. The van der Waals surface area contributed by atoms with Gasteiger partial charge in [0.2, 0.25) is 6.23 Å². The van der Waals surface area contributed by atoms with Gasteiger partial charge in [-0.2, -0.15) is 5.10 Å². The lowest BCUT2D eigenvalue weighted by atomic mass is 9.95. The number of hydrazone groups is 1.